The van der Waals surface area contributed by atoms with Gasteiger partial charge in [0.2, 0.25) is 0 Å². The standard InChI is InChI=1S/C11H14NO5P/c13-11(17-18(14,15)16)10-7-4-8-12(10)9-5-2-1-3-6-9/h1-3,5-6,10H,4,7-8H2,(H2,14,15,16)/t10-/m0/s1. The zero-order valence-corrected chi connectivity index (χ0v) is 10.5. The van der Waals surface area contributed by atoms with Gasteiger partial charge >= 0.3 is 13.8 Å². The van der Waals surface area contributed by atoms with Gasteiger partial charge in [-0.3, -0.25) is 9.79 Å². The van der Waals surface area contributed by atoms with Crippen molar-refractivity contribution in [2.75, 3.05) is 11.4 Å². The third-order valence-electron chi connectivity index (χ3n) is 2.82. The molecule has 0 unspecified atom stereocenters. The number of phosphoric acid groups is 1. The van der Waals surface area contributed by atoms with Crippen molar-refractivity contribution in [1.82, 2.24) is 0 Å². The zero-order valence-electron chi connectivity index (χ0n) is 9.60. The van der Waals surface area contributed by atoms with Crippen molar-refractivity contribution in [1.29, 1.82) is 0 Å². The van der Waals surface area contributed by atoms with Gasteiger partial charge in [-0.25, -0.2) is 9.36 Å². The van der Waals surface area contributed by atoms with Crippen LogP contribution in [0.4, 0.5) is 5.69 Å². The van der Waals surface area contributed by atoms with E-state index < -0.39 is 19.8 Å². The molecule has 1 aliphatic heterocycles. The molecule has 1 aromatic rings. The summed E-state index contributed by atoms with van der Waals surface area (Å²) in [7, 11) is -4.77. The molecule has 0 bridgehead atoms. The molecular formula is C11H14NO5P. The van der Waals surface area contributed by atoms with E-state index in [-0.39, 0.29) is 0 Å². The van der Waals surface area contributed by atoms with Crippen molar-refractivity contribution in [3.63, 3.8) is 0 Å². The molecule has 1 aromatic carbocycles. The largest absolute Gasteiger partial charge is 0.527 e. The number of nitrogens with zero attached hydrogens (tertiary/aromatic N) is 1. The van der Waals surface area contributed by atoms with Gasteiger partial charge in [0.05, 0.1) is 0 Å². The molecule has 0 spiro atoms. The first kappa shape index (κ1) is 13.1. The van der Waals surface area contributed by atoms with Gasteiger partial charge < -0.3 is 9.42 Å². The third-order valence-corrected chi connectivity index (χ3v) is 3.24. The van der Waals surface area contributed by atoms with E-state index in [2.05, 4.69) is 4.52 Å². The van der Waals surface area contributed by atoms with E-state index in [0.717, 1.165) is 12.1 Å². The van der Waals surface area contributed by atoms with Crippen molar-refractivity contribution in [3.05, 3.63) is 30.3 Å². The van der Waals surface area contributed by atoms with Crippen molar-refractivity contribution < 1.29 is 23.7 Å². The molecule has 1 fully saturated rings. The molecule has 98 valence electrons. The molecule has 0 saturated carbocycles. The minimum Gasteiger partial charge on any atom is -0.369 e. The molecule has 2 N–H and O–H groups in total. The number of carbonyl (C=O) groups is 1. The molecule has 6 nitrogen and oxygen atoms in total. The summed E-state index contributed by atoms with van der Waals surface area (Å²) >= 11 is 0. The molecule has 0 radical (unpaired) electrons. The summed E-state index contributed by atoms with van der Waals surface area (Å²) in [6.45, 7) is 0.672. The fourth-order valence-corrected chi connectivity index (χ4v) is 2.47. The van der Waals surface area contributed by atoms with Crippen LogP contribution in [-0.2, 0) is 13.9 Å². The molecular weight excluding hydrogens is 257 g/mol. The van der Waals surface area contributed by atoms with Crippen molar-refractivity contribution in [3.8, 4) is 0 Å². The van der Waals surface area contributed by atoms with E-state index in [4.69, 9.17) is 9.79 Å². The van der Waals surface area contributed by atoms with E-state index in [1.54, 1.807) is 4.90 Å². The lowest BCUT2D eigenvalue weighted by molar-refractivity contribution is -0.136. The van der Waals surface area contributed by atoms with E-state index in [1.807, 2.05) is 30.3 Å². The number of carbonyl (C=O) groups excluding carboxylic acids is 1. The summed E-state index contributed by atoms with van der Waals surface area (Å²) in [5.41, 5.74) is 0.850. The minimum atomic E-state index is -4.77. The lowest BCUT2D eigenvalue weighted by atomic mass is 10.2. The summed E-state index contributed by atoms with van der Waals surface area (Å²) in [4.78, 5) is 30.8. The van der Waals surface area contributed by atoms with E-state index in [9.17, 15) is 9.36 Å². The Hall–Kier alpha value is -1.36. The molecule has 18 heavy (non-hydrogen) atoms. The van der Waals surface area contributed by atoms with Crippen molar-refractivity contribution >= 4 is 19.5 Å². The van der Waals surface area contributed by atoms with E-state index in [1.165, 1.54) is 0 Å². The van der Waals surface area contributed by atoms with Crippen LogP contribution >= 0.6 is 7.82 Å². The Morgan fingerprint density at radius 3 is 2.61 bits per heavy atom. The normalized spacial score (nSPS) is 19.9. The quantitative estimate of drug-likeness (QED) is 0.805. The summed E-state index contributed by atoms with van der Waals surface area (Å²) in [5, 5.41) is 0. The lowest BCUT2D eigenvalue weighted by Gasteiger charge is -2.25. The predicted molar refractivity (Wildman–Crippen MR) is 64.9 cm³/mol. The molecule has 1 heterocycles. The van der Waals surface area contributed by atoms with Gasteiger partial charge in [-0.15, -0.1) is 0 Å². The van der Waals surface area contributed by atoms with Crippen LogP contribution in [0.5, 0.6) is 0 Å². The van der Waals surface area contributed by atoms with Crippen LogP contribution in [0.3, 0.4) is 0 Å². The molecule has 0 aliphatic carbocycles. The Morgan fingerprint density at radius 2 is 2.00 bits per heavy atom. The predicted octanol–water partition coefficient (Wildman–Crippen LogP) is 1.29. The highest BCUT2D eigenvalue weighted by Gasteiger charge is 2.35. The van der Waals surface area contributed by atoms with Crippen molar-refractivity contribution in [2.24, 2.45) is 0 Å². The number of anilines is 1. The van der Waals surface area contributed by atoms with Gasteiger partial charge in [-0.05, 0) is 25.0 Å². The number of hydrogen-bond acceptors (Lipinski definition) is 4. The van der Waals surface area contributed by atoms with Crippen molar-refractivity contribution in [2.45, 2.75) is 18.9 Å². The number of para-hydroxylation sites is 1. The number of rotatable bonds is 3. The number of benzene rings is 1. The van der Waals surface area contributed by atoms with E-state index >= 15 is 0 Å². The number of hydrogen-bond donors (Lipinski definition) is 2. The van der Waals surface area contributed by atoms with Gasteiger partial charge in [0, 0.05) is 12.2 Å². The Labute approximate surface area is 104 Å². The molecule has 2 rings (SSSR count). The van der Waals surface area contributed by atoms with Crippen LogP contribution in [-0.4, -0.2) is 28.3 Å². The van der Waals surface area contributed by atoms with Gasteiger partial charge in [0.1, 0.15) is 6.04 Å². The first-order valence-electron chi connectivity index (χ1n) is 5.58. The van der Waals surface area contributed by atoms with Gasteiger partial charge in [-0.2, -0.15) is 0 Å². The molecule has 0 amide bonds. The number of phosphoric ester groups is 1. The fourth-order valence-electron chi connectivity index (χ4n) is 2.12. The monoisotopic (exact) mass is 271 g/mol. The molecule has 0 aromatic heterocycles. The average molecular weight is 271 g/mol. The second-order valence-electron chi connectivity index (χ2n) is 4.09. The molecule has 1 atom stereocenters. The second kappa shape index (κ2) is 5.10. The highest BCUT2D eigenvalue weighted by atomic mass is 31.2. The Morgan fingerprint density at radius 1 is 1.33 bits per heavy atom. The Kier molecular flexibility index (Phi) is 3.71. The maximum absolute atomic E-state index is 11.7. The van der Waals surface area contributed by atoms with Gasteiger partial charge in [0.15, 0.2) is 0 Å². The van der Waals surface area contributed by atoms with Gasteiger partial charge in [0.25, 0.3) is 0 Å². The van der Waals surface area contributed by atoms with Crippen LogP contribution in [0.25, 0.3) is 0 Å². The van der Waals surface area contributed by atoms with E-state index in [0.29, 0.717) is 13.0 Å². The highest BCUT2D eigenvalue weighted by molar-refractivity contribution is 7.46. The molecule has 1 saturated heterocycles. The molecule has 1 aliphatic rings. The van der Waals surface area contributed by atoms with Crippen LogP contribution < -0.4 is 4.90 Å². The maximum atomic E-state index is 11.7. The minimum absolute atomic E-state index is 0.535. The van der Waals surface area contributed by atoms with Gasteiger partial charge in [-0.1, -0.05) is 18.2 Å². The summed E-state index contributed by atoms with van der Waals surface area (Å²) in [6, 6.07) is 8.63. The summed E-state index contributed by atoms with van der Waals surface area (Å²) < 4.78 is 14.8. The topological polar surface area (TPSA) is 87.1 Å². The third kappa shape index (κ3) is 3.10. The molecule has 7 heteroatoms. The SMILES string of the molecule is O=C(OP(=O)(O)O)[C@@H]1CCCN1c1ccccc1. The van der Waals surface area contributed by atoms with Crippen LogP contribution in [0.1, 0.15) is 12.8 Å². The fraction of sp³-hybridized carbons (Fsp3) is 0.364. The Bertz CT molecular complexity index is 472. The maximum Gasteiger partial charge on any atom is 0.527 e. The van der Waals surface area contributed by atoms with Crippen LogP contribution in [0.2, 0.25) is 0 Å². The lowest BCUT2D eigenvalue weighted by Crippen LogP contribution is -2.36. The first-order valence-corrected chi connectivity index (χ1v) is 7.11. The Balaban J connectivity index is 2.13. The zero-order chi connectivity index (χ0) is 13.2. The second-order valence-corrected chi connectivity index (χ2v) is 5.25. The van der Waals surface area contributed by atoms with Crippen LogP contribution in [0.15, 0.2) is 30.3 Å². The van der Waals surface area contributed by atoms with Crippen LogP contribution in [0, 0.1) is 0 Å². The summed E-state index contributed by atoms with van der Waals surface area (Å²) in [5.74, 6) is -0.871. The smallest absolute Gasteiger partial charge is 0.369 e. The average Bonchev–Trinajstić information content (AvgIpc) is 2.76. The summed E-state index contributed by atoms with van der Waals surface area (Å²) in [6.07, 6.45) is 1.32. The first-order chi connectivity index (χ1) is 8.47. The highest BCUT2D eigenvalue weighted by Crippen LogP contribution is 2.38.